The molecule has 0 aliphatic rings. The van der Waals surface area contributed by atoms with Crippen molar-refractivity contribution < 1.29 is 0 Å². The molecule has 0 fully saturated rings. The van der Waals surface area contributed by atoms with Crippen molar-refractivity contribution in [3.8, 4) is 0 Å². The first-order chi connectivity index (χ1) is 8.50. The Hall–Kier alpha value is -1.53. The molecule has 5 nitrogen and oxygen atoms in total. The molecule has 1 aromatic carbocycles. The number of nitrogens with one attached hydrogen (secondary N) is 1. The number of anilines is 1. The van der Waals surface area contributed by atoms with Gasteiger partial charge in [-0.1, -0.05) is 29.8 Å². The lowest BCUT2D eigenvalue weighted by atomic mass is 10.2. The molecule has 0 saturated heterocycles. The molecule has 7 heteroatoms. The van der Waals surface area contributed by atoms with Gasteiger partial charge in [-0.25, -0.2) is 4.79 Å². The van der Waals surface area contributed by atoms with Gasteiger partial charge >= 0.3 is 5.69 Å². The summed E-state index contributed by atoms with van der Waals surface area (Å²) < 4.78 is 1.38. The van der Waals surface area contributed by atoms with Gasteiger partial charge in [0, 0.05) is 5.02 Å². The predicted octanol–water partition coefficient (Wildman–Crippen LogP) is 1.58. The van der Waals surface area contributed by atoms with Crippen molar-refractivity contribution in [3.63, 3.8) is 0 Å². The molecule has 1 heterocycles. The lowest BCUT2D eigenvalue weighted by Crippen LogP contribution is -2.33. The summed E-state index contributed by atoms with van der Waals surface area (Å²) in [6, 6.07) is 7.11. The summed E-state index contributed by atoms with van der Waals surface area (Å²) in [4.78, 5) is 25.2. The molecule has 0 atom stereocenters. The molecule has 2 aromatic rings. The third kappa shape index (κ3) is 2.34. The van der Waals surface area contributed by atoms with Gasteiger partial charge in [0.1, 0.15) is 10.3 Å². The van der Waals surface area contributed by atoms with E-state index in [1.54, 1.807) is 18.2 Å². The van der Waals surface area contributed by atoms with Crippen LogP contribution in [0.15, 0.2) is 38.3 Å². The number of nitrogens with two attached hydrogens (primary N) is 1. The summed E-state index contributed by atoms with van der Waals surface area (Å²) in [6.07, 6.45) is 0. The Morgan fingerprint density at radius 3 is 2.67 bits per heavy atom. The number of halogens is 2. The van der Waals surface area contributed by atoms with E-state index in [9.17, 15) is 9.59 Å². The highest BCUT2D eigenvalue weighted by atomic mass is 79.9. The van der Waals surface area contributed by atoms with Crippen molar-refractivity contribution in [2.75, 3.05) is 5.73 Å². The van der Waals surface area contributed by atoms with Gasteiger partial charge in [0.05, 0.1) is 6.54 Å². The summed E-state index contributed by atoms with van der Waals surface area (Å²) in [5.41, 5.74) is 5.36. The number of nitrogen functional groups attached to an aromatic ring is 1. The van der Waals surface area contributed by atoms with E-state index in [4.69, 9.17) is 17.3 Å². The second-order valence-corrected chi connectivity index (χ2v) is 4.84. The zero-order valence-corrected chi connectivity index (χ0v) is 11.5. The van der Waals surface area contributed by atoms with Gasteiger partial charge < -0.3 is 5.73 Å². The SMILES string of the molecule is Nc1c(Br)c(=O)[nH]c(=O)n1Cc1ccccc1Cl. The molecule has 18 heavy (non-hydrogen) atoms. The first-order valence-corrected chi connectivity index (χ1v) is 6.19. The third-order valence-electron chi connectivity index (χ3n) is 2.47. The van der Waals surface area contributed by atoms with E-state index in [1.165, 1.54) is 4.57 Å². The van der Waals surface area contributed by atoms with Crippen LogP contribution in [0.1, 0.15) is 5.56 Å². The summed E-state index contributed by atoms with van der Waals surface area (Å²) in [7, 11) is 0. The van der Waals surface area contributed by atoms with Crippen LogP contribution in [0.2, 0.25) is 5.02 Å². The number of nitrogens with zero attached hydrogens (tertiary/aromatic N) is 1. The molecule has 0 saturated carbocycles. The van der Waals surface area contributed by atoms with Crippen molar-refractivity contribution in [1.82, 2.24) is 9.55 Å². The first-order valence-electron chi connectivity index (χ1n) is 5.02. The molecule has 1 aromatic heterocycles. The zero-order chi connectivity index (χ0) is 13.3. The maximum absolute atomic E-state index is 11.7. The van der Waals surface area contributed by atoms with Crippen LogP contribution < -0.4 is 17.0 Å². The second-order valence-electron chi connectivity index (χ2n) is 3.64. The van der Waals surface area contributed by atoms with E-state index in [2.05, 4.69) is 20.9 Å². The number of H-pyrrole nitrogens is 1. The topological polar surface area (TPSA) is 80.9 Å². The quantitative estimate of drug-likeness (QED) is 0.877. The highest BCUT2D eigenvalue weighted by Crippen LogP contribution is 2.18. The highest BCUT2D eigenvalue weighted by Gasteiger charge is 2.11. The molecule has 0 bridgehead atoms. The minimum absolute atomic E-state index is 0.0728. The molecule has 0 radical (unpaired) electrons. The van der Waals surface area contributed by atoms with E-state index >= 15 is 0 Å². The van der Waals surface area contributed by atoms with Crippen molar-refractivity contribution in [2.24, 2.45) is 0 Å². The molecule has 0 unspecified atom stereocenters. The van der Waals surface area contributed by atoms with Crippen molar-refractivity contribution in [1.29, 1.82) is 0 Å². The fraction of sp³-hybridized carbons (Fsp3) is 0.0909. The van der Waals surface area contributed by atoms with Crippen molar-refractivity contribution in [3.05, 3.63) is 60.2 Å². The second kappa shape index (κ2) is 4.99. The monoisotopic (exact) mass is 329 g/mol. The number of aromatic amines is 1. The molecular weight excluding hydrogens is 321 g/mol. The van der Waals surface area contributed by atoms with Crippen LogP contribution in [0.3, 0.4) is 0 Å². The van der Waals surface area contributed by atoms with Gasteiger partial charge in [0.15, 0.2) is 0 Å². The Morgan fingerprint density at radius 1 is 1.33 bits per heavy atom. The van der Waals surface area contributed by atoms with Gasteiger partial charge in [0.25, 0.3) is 5.56 Å². The van der Waals surface area contributed by atoms with Crippen LogP contribution in [0.5, 0.6) is 0 Å². The first kappa shape index (κ1) is 12.9. The Bertz CT molecular complexity index is 708. The van der Waals surface area contributed by atoms with Crippen LogP contribution >= 0.6 is 27.5 Å². The van der Waals surface area contributed by atoms with E-state index in [-0.39, 0.29) is 16.8 Å². The minimum Gasteiger partial charge on any atom is -0.384 e. The van der Waals surface area contributed by atoms with Gasteiger partial charge in [-0.15, -0.1) is 0 Å². The standard InChI is InChI=1S/C11H9BrClN3O2/c12-8-9(14)16(11(18)15-10(8)17)5-6-3-1-2-4-7(6)13/h1-4H,5,14H2,(H,15,17,18). The fourth-order valence-corrected chi connectivity index (χ4v) is 2.03. The normalized spacial score (nSPS) is 10.6. The van der Waals surface area contributed by atoms with Crippen LogP contribution in [0.25, 0.3) is 0 Å². The number of rotatable bonds is 2. The smallest absolute Gasteiger partial charge is 0.330 e. The van der Waals surface area contributed by atoms with Gasteiger partial charge in [-0.3, -0.25) is 14.3 Å². The summed E-state index contributed by atoms with van der Waals surface area (Å²) >= 11 is 9.04. The van der Waals surface area contributed by atoms with Crippen LogP contribution in [0, 0.1) is 0 Å². The summed E-state index contributed by atoms with van der Waals surface area (Å²) in [6.45, 7) is 0.194. The molecule has 0 spiro atoms. The van der Waals surface area contributed by atoms with Gasteiger partial charge in [0.2, 0.25) is 0 Å². The average molecular weight is 331 g/mol. The van der Waals surface area contributed by atoms with Gasteiger partial charge in [-0.05, 0) is 27.6 Å². The van der Waals surface area contributed by atoms with E-state index in [0.717, 1.165) is 5.56 Å². The Balaban J connectivity index is 2.55. The molecule has 2 rings (SSSR count). The lowest BCUT2D eigenvalue weighted by Gasteiger charge is -2.10. The molecule has 0 amide bonds. The predicted molar refractivity (Wildman–Crippen MR) is 74.0 cm³/mol. The molecule has 3 N–H and O–H groups in total. The summed E-state index contributed by atoms with van der Waals surface area (Å²) in [5, 5.41) is 0.533. The minimum atomic E-state index is -0.569. The Morgan fingerprint density at radius 2 is 2.00 bits per heavy atom. The fourth-order valence-electron chi connectivity index (χ4n) is 1.52. The third-order valence-corrected chi connectivity index (χ3v) is 3.60. The largest absolute Gasteiger partial charge is 0.384 e. The van der Waals surface area contributed by atoms with E-state index in [1.807, 2.05) is 6.07 Å². The van der Waals surface area contributed by atoms with E-state index < -0.39 is 11.2 Å². The van der Waals surface area contributed by atoms with Crippen molar-refractivity contribution in [2.45, 2.75) is 6.54 Å². The maximum Gasteiger partial charge on any atom is 0.330 e. The van der Waals surface area contributed by atoms with Gasteiger partial charge in [-0.2, -0.15) is 0 Å². The Kier molecular flexibility index (Phi) is 3.58. The van der Waals surface area contributed by atoms with Crippen LogP contribution in [-0.2, 0) is 6.54 Å². The Labute approximate surface area is 115 Å². The molecule has 0 aliphatic heterocycles. The molecule has 94 valence electrons. The van der Waals surface area contributed by atoms with Crippen LogP contribution in [-0.4, -0.2) is 9.55 Å². The zero-order valence-electron chi connectivity index (χ0n) is 9.11. The number of hydrogen-bond donors (Lipinski definition) is 2. The summed E-state index contributed by atoms with van der Waals surface area (Å²) in [5.74, 6) is 0.0728. The van der Waals surface area contributed by atoms with Crippen LogP contribution in [0.4, 0.5) is 5.82 Å². The maximum atomic E-state index is 11.7. The number of aromatic nitrogens is 2. The lowest BCUT2D eigenvalue weighted by molar-refractivity contribution is 0.729. The molecule has 0 aliphatic carbocycles. The number of benzene rings is 1. The highest BCUT2D eigenvalue weighted by molar-refractivity contribution is 9.10. The molecular formula is C11H9BrClN3O2. The van der Waals surface area contributed by atoms with E-state index in [0.29, 0.717) is 5.02 Å². The number of hydrogen-bond acceptors (Lipinski definition) is 3. The average Bonchev–Trinajstić information content (AvgIpc) is 2.34. The van der Waals surface area contributed by atoms with Crippen molar-refractivity contribution >= 4 is 33.3 Å².